The lowest BCUT2D eigenvalue weighted by molar-refractivity contribution is -0.128. The first kappa shape index (κ1) is 15.0. The average Bonchev–Trinajstić information content (AvgIpc) is 3.10. The normalized spacial score (nSPS) is 20.8. The summed E-state index contributed by atoms with van der Waals surface area (Å²) in [6.45, 7) is 3.05. The Hall–Kier alpha value is -1.88. The predicted molar refractivity (Wildman–Crippen MR) is 84.2 cm³/mol. The molecule has 1 atom stereocenters. The minimum Gasteiger partial charge on any atom is -0.313 e. The fraction of sp³-hybridized carbons (Fsp3) is 0.529. The second-order valence-corrected chi connectivity index (χ2v) is 5.99. The van der Waals surface area contributed by atoms with Gasteiger partial charge in [0.05, 0.1) is 0 Å². The molecule has 2 saturated heterocycles. The van der Waals surface area contributed by atoms with Gasteiger partial charge >= 0.3 is 6.03 Å². The minimum atomic E-state index is -0.163. The molecule has 118 valence electrons. The molecule has 2 aliphatic rings. The van der Waals surface area contributed by atoms with E-state index in [4.69, 9.17) is 0 Å². The summed E-state index contributed by atoms with van der Waals surface area (Å²) >= 11 is 0. The maximum atomic E-state index is 12.2. The number of hydrogen-bond donors (Lipinski definition) is 1. The van der Waals surface area contributed by atoms with Crippen molar-refractivity contribution in [3.8, 4) is 0 Å². The highest BCUT2D eigenvalue weighted by molar-refractivity contribution is 6.04. The Bertz CT molecular complexity index is 510. The Morgan fingerprint density at radius 3 is 2.73 bits per heavy atom. The van der Waals surface area contributed by atoms with E-state index in [-0.39, 0.29) is 18.0 Å². The molecule has 1 unspecified atom stereocenters. The van der Waals surface area contributed by atoms with Crippen LogP contribution >= 0.6 is 0 Å². The van der Waals surface area contributed by atoms with Gasteiger partial charge in [0.1, 0.15) is 6.04 Å². The number of carbonyl (C=O) groups excluding carboxylic acids is 2. The van der Waals surface area contributed by atoms with Crippen LogP contribution in [0.2, 0.25) is 0 Å². The average molecular weight is 301 g/mol. The molecule has 1 aromatic rings. The van der Waals surface area contributed by atoms with Crippen molar-refractivity contribution in [1.29, 1.82) is 0 Å². The van der Waals surface area contributed by atoms with Crippen LogP contribution in [0.5, 0.6) is 0 Å². The zero-order chi connectivity index (χ0) is 15.4. The van der Waals surface area contributed by atoms with Gasteiger partial charge in [-0.1, -0.05) is 30.3 Å². The molecule has 3 amide bonds. The van der Waals surface area contributed by atoms with Crippen LogP contribution < -0.4 is 5.32 Å². The van der Waals surface area contributed by atoms with Crippen LogP contribution in [0.1, 0.15) is 31.2 Å². The van der Waals surface area contributed by atoms with Gasteiger partial charge in [0.25, 0.3) is 5.91 Å². The Labute approximate surface area is 131 Å². The summed E-state index contributed by atoms with van der Waals surface area (Å²) in [4.78, 5) is 27.4. The Morgan fingerprint density at radius 2 is 1.95 bits per heavy atom. The molecule has 0 aliphatic carbocycles. The lowest BCUT2D eigenvalue weighted by Crippen LogP contribution is -2.34. The lowest BCUT2D eigenvalue weighted by Gasteiger charge is -2.15. The topological polar surface area (TPSA) is 52.7 Å². The van der Waals surface area contributed by atoms with E-state index in [1.807, 2.05) is 18.2 Å². The van der Waals surface area contributed by atoms with Gasteiger partial charge in [0, 0.05) is 19.6 Å². The van der Waals surface area contributed by atoms with Crippen LogP contribution in [-0.2, 0) is 11.3 Å². The van der Waals surface area contributed by atoms with Crippen LogP contribution in [0.4, 0.5) is 4.79 Å². The van der Waals surface area contributed by atoms with Crippen LogP contribution in [0.3, 0.4) is 0 Å². The number of rotatable bonds is 7. The van der Waals surface area contributed by atoms with Crippen molar-refractivity contribution in [1.82, 2.24) is 15.1 Å². The maximum Gasteiger partial charge on any atom is 0.327 e. The fourth-order valence-corrected chi connectivity index (χ4v) is 3.24. The van der Waals surface area contributed by atoms with Gasteiger partial charge in [-0.05, 0) is 37.8 Å². The van der Waals surface area contributed by atoms with Gasteiger partial charge in [-0.15, -0.1) is 0 Å². The van der Waals surface area contributed by atoms with Crippen molar-refractivity contribution in [2.24, 2.45) is 0 Å². The molecule has 0 spiro atoms. The predicted octanol–water partition coefficient (Wildman–Crippen LogP) is 1.98. The number of urea groups is 1. The molecule has 0 saturated carbocycles. The first-order valence-corrected chi connectivity index (χ1v) is 8.14. The van der Waals surface area contributed by atoms with Gasteiger partial charge in [-0.25, -0.2) is 4.79 Å². The van der Waals surface area contributed by atoms with E-state index in [1.54, 1.807) is 4.90 Å². The van der Waals surface area contributed by atoms with Crippen molar-refractivity contribution in [2.45, 2.75) is 38.3 Å². The Kier molecular flexibility index (Phi) is 4.73. The molecule has 22 heavy (non-hydrogen) atoms. The standard InChI is InChI=1S/C17H23N3O2/c21-16-15-9-6-12-19(15)17(22)20(16)11-5-4-10-18-13-14-7-2-1-3-8-14/h1-3,7-8,15,18H,4-6,9-13H2. The fourth-order valence-electron chi connectivity index (χ4n) is 3.24. The highest BCUT2D eigenvalue weighted by atomic mass is 16.2. The molecule has 2 heterocycles. The number of fused-ring (bicyclic) bond motifs is 1. The maximum absolute atomic E-state index is 12.2. The van der Waals surface area contributed by atoms with E-state index in [2.05, 4.69) is 17.4 Å². The number of nitrogens with one attached hydrogen (secondary N) is 1. The highest BCUT2D eigenvalue weighted by Gasteiger charge is 2.46. The summed E-state index contributed by atoms with van der Waals surface area (Å²) in [5.41, 5.74) is 1.27. The number of carbonyl (C=O) groups is 2. The first-order valence-electron chi connectivity index (χ1n) is 8.14. The van der Waals surface area contributed by atoms with Crippen LogP contribution in [0, 0.1) is 0 Å². The molecule has 5 nitrogen and oxygen atoms in total. The summed E-state index contributed by atoms with van der Waals surface area (Å²) in [6.07, 6.45) is 3.62. The molecule has 0 bridgehead atoms. The van der Waals surface area contributed by atoms with Crippen LogP contribution in [0.15, 0.2) is 30.3 Å². The van der Waals surface area contributed by atoms with Crippen LogP contribution in [0.25, 0.3) is 0 Å². The number of nitrogens with zero attached hydrogens (tertiary/aromatic N) is 2. The van der Waals surface area contributed by atoms with Gasteiger partial charge in [0.2, 0.25) is 0 Å². The summed E-state index contributed by atoms with van der Waals surface area (Å²) in [7, 11) is 0. The van der Waals surface area contributed by atoms with Gasteiger partial charge in [-0.2, -0.15) is 0 Å². The summed E-state index contributed by atoms with van der Waals surface area (Å²) in [6, 6.07) is 10.0. The summed E-state index contributed by atoms with van der Waals surface area (Å²) in [5, 5.41) is 3.39. The Balaban J connectivity index is 1.34. The van der Waals surface area contributed by atoms with E-state index < -0.39 is 0 Å². The second-order valence-electron chi connectivity index (χ2n) is 5.99. The second kappa shape index (κ2) is 6.92. The zero-order valence-corrected chi connectivity index (χ0v) is 12.8. The third kappa shape index (κ3) is 3.14. The molecule has 0 aromatic heterocycles. The van der Waals surface area contributed by atoms with Gasteiger partial charge in [0.15, 0.2) is 0 Å². The number of amides is 3. The van der Waals surface area contributed by atoms with Crippen molar-refractivity contribution < 1.29 is 9.59 Å². The van der Waals surface area contributed by atoms with E-state index in [1.165, 1.54) is 10.5 Å². The highest BCUT2D eigenvalue weighted by Crippen LogP contribution is 2.27. The largest absolute Gasteiger partial charge is 0.327 e. The van der Waals surface area contributed by atoms with Crippen molar-refractivity contribution in [3.05, 3.63) is 35.9 Å². The number of imide groups is 1. The van der Waals surface area contributed by atoms with E-state index >= 15 is 0 Å². The lowest BCUT2D eigenvalue weighted by atomic mass is 10.2. The van der Waals surface area contributed by atoms with Gasteiger partial charge < -0.3 is 10.2 Å². The quantitative estimate of drug-likeness (QED) is 0.619. The zero-order valence-electron chi connectivity index (χ0n) is 12.8. The SMILES string of the molecule is O=C1C2CCCN2C(=O)N1CCCCNCc1ccccc1. The van der Waals surface area contributed by atoms with Crippen LogP contribution in [-0.4, -0.2) is 47.4 Å². The monoisotopic (exact) mass is 301 g/mol. The third-order valence-electron chi connectivity index (χ3n) is 4.44. The van der Waals surface area contributed by atoms with E-state index in [9.17, 15) is 9.59 Å². The molecule has 2 fully saturated rings. The summed E-state index contributed by atoms with van der Waals surface area (Å²) in [5.74, 6) is 0.0137. The van der Waals surface area contributed by atoms with Crippen molar-refractivity contribution in [2.75, 3.05) is 19.6 Å². The molecule has 0 radical (unpaired) electrons. The van der Waals surface area contributed by atoms with Crippen molar-refractivity contribution >= 4 is 11.9 Å². The first-order chi connectivity index (χ1) is 10.8. The minimum absolute atomic E-state index is 0.0137. The number of hydrogen-bond acceptors (Lipinski definition) is 3. The smallest absolute Gasteiger partial charge is 0.313 e. The molecule has 2 aliphatic heterocycles. The Morgan fingerprint density at radius 1 is 1.14 bits per heavy atom. The number of benzene rings is 1. The van der Waals surface area contributed by atoms with Crippen molar-refractivity contribution in [3.63, 3.8) is 0 Å². The molecular weight excluding hydrogens is 278 g/mol. The molecule has 1 aromatic carbocycles. The van der Waals surface area contributed by atoms with E-state index in [0.717, 1.165) is 45.3 Å². The molecular formula is C17H23N3O2. The van der Waals surface area contributed by atoms with E-state index in [0.29, 0.717) is 6.54 Å². The molecule has 1 N–H and O–H groups in total. The molecule has 5 heteroatoms. The summed E-state index contributed by atoms with van der Waals surface area (Å²) < 4.78 is 0. The van der Waals surface area contributed by atoms with Gasteiger partial charge in [-0.3, -0.25) is 9.69 Å². The third-order valence-corrected chi connectivity index (χ3v) is 4.44. The molecule has 3 rings (SSSR count). The number of unbranched alkanes of at least 4 members (excludes halogenated alkanes) is 1.